The Kier molecular flexibility index (Phi) is 7.63. The van der Waals surface area contributed by atoms with Crippen molar-refractivity contribution in [3.8, 4) is 11.5 Å². The van der Waals surface area contributed by atoms with E-state index >= 15 is 0 Å². The molecule has 0 amide bonds. The molecule has 0 aliphatic heterocycles. The van der Waals surface area contributed by atoms with Crippen molar-refractivity contribution < 1.29 is 24.2 Å². The number of carbonyl (C=O) groups excluding carboxylic acids is 2. The summed E-state index contributed by atoms with van der Waals surface area (Å²) in [4.78, 5) is 23.9. The van der Waals surface area contributed by atoms with Gasteiger partial charge in [0.05, 0.1) is 11.8 Å². The second kappa shape index (κ2) is 9.03. The van der Waals surface area contributed by atoms with E-state index in [1.54, 1.807) is 33.8 Å². The highest BCUT2D eigenvalue weighted by molar-refractivity contribution is 5.74. The molecule has 6 heteroatoms. The maximum Gasteiger partial charge on any atom is 0.313 e. The van der Waals surface area contributed by atoms with Crippen LogP contribution in [0.4, 0.5) is 0 Å². The molecule has 0 spiro atoms. The molecule has 0 radical (unpaired) electrons. The van der Waals surface area contributed by atoms with Crippen molar-refractivity contribution in [2.45, 2.75) is 60.1 Å². The molecule has 1 rings (SSSR count). The zero-order valence-corrected chi connectivity index (χ0v) is 16.8. The van der Waals surface area contributed by atoms with E-state index in [4.69, 9.17) is 9.47 Å². The molecule has 0 saturated heterocycles. The molecule has 0 heterocycles. The molecule has 1 aromatic rings. The number of ether oxygens (including phenoxy) is 2. The lowest BCUT2D eigenvalue weighted by Crippen LogP contribution is -2.39. The molecule has 1 unspecified atom stereocenters. The number of phenolic OH excluding ortho intramolecular Hbond substituents is 1. The predicted octanol–water partition coefficient (Wildman–Crippen LogP) is 3.58. The standard InChI is InChI=1S/C20H31NO5/c1-12(2)18(23)25-16-9-14(8-15(22)10-16)17(11-21-20(5,6)7)26-19(24)13(3)4/h8-10,12-13,17,21-22H,11H2,1-7H3. The summed E-state index contributed by atoms with van der Waals surface area (Å²) in [7, 11) is 0. The molecule has 0 fully saturated rings. The number of esters is 2. The quantitative estimate of drug-likeness (QED) is 0.567. The van der Waals surface area contributed by atoms with Gasteiger partial charge in [-0.25, -0.2) is 0 Å². The summed E-state index contributed by atoms with van der Waals surface area (Å²) in [6.45, 7) is 13.4. The Labute approximate surface area is 155 Å². The van der Waals surface area contributed by atoms with E-state index in [1.165, 1.54) is 12.1 Å². The van der Waals surface area contributed by atoms with Crippen molar-refractivity contribution in [2.24, 2.45) is 11.8 Å². The highest BCUT2D eigenvalue weighted by Gasteiger charge is 2.23. The van der Waals surface area contributed by atoms with Crippen molar-refractivity contribution in [1.82, 2.24) is 5.32 Å². The summed E-state index contributed by atoms with van der Waals surface area (Å²) in [5.74, 6) is -1.14. The third-order valence-corrected chi connectivity index (χ3v) is 3.52. The first-order chi connectivity index (χ1) is 11.9. The number of rotatable bonds is 7. The van der Waals surface area contributed by atoms with Crippen LogP contribution in [0.15, 0.2) is 18.2 Å². The Morgan fingerprint density at radius 3 is 2.12 bits per heavy atom. The van der Waals surface area contributed by atoms with Crippen LogP contribution in [-0.2, 0) is 14.3 Å². The molecule has 6 nitrogen and oxygen atoms in total. The van der Waals surface area contributed by atoms with Crippen LogP contribution in [0.2, 0.25) is 0 Å². The van der Waals surface area contributed by atoms with Crippen LogP contribution in [0.1, 0.15) is 60.1 Å². The monoisotopic (exact) mass is 365 g/mol. The molecule has 26 heavy (non-hydrogen) atoms. The van der Waals surface area contributed by atoms with Crippen LogP contribution >= 0.6 is 0 Å². The van der Waals surface area contributed by atoms with E-state index < -0.39 is 12.1 Å². The minimum atomic E-state index is -0.618. The number of hydrogen-bond donors (Lipinski definition) is 2. The zero-order chi connectivity index (χ0) is 20.1. The van der Waals surface area contributed by atoms with Gasteiger partial charge < -0.3 is 19.9 Å². The van der Waals surface area contributed by atoms with E-state index in [-0.39, 0.29) is 34.8 Å². The maximum absolute atomic E-state index is 12.1. The SMILES string of the molecule is CC(C)C(=O)Oc1cc(O)cc(C(CNC(C)(C)C)OC(=O)C(C)C)c1. The molecule has 0 aliphatic rings. The van der Waals surface area contributed by atoms with Crippen molar-refractivity contribution in [2.75, 3.05) is 6.54 Å². The maximum atomic E-state index is 12.1. The first-order valence-electron chi connectivity index (χ1n) is 8.90. The molecule has 146 valence electrons. The van der Waals surface area contributed by atoms with Gasteiger partial charge in [-0.1, -0.05) is 27.7 Å². The largest absolute Gasteiger partial charge is 0.508 e. The van der Waals surface area contributed by atoms with Crippen molar-refractivity contribution in [3.63, 3.8) is 0 Å². The number of carbonyl (C=O) groups is 2. The van der Waals surface area contributed by atoms with Gasteiger partial charge in [0, 0.05) is 23.7 Å². The lowest BCUT2D eigenvalue weighted by molar-refractivity contribution is -0.153. The number of benzene rings is 1. The van der Waals surface area contributed by atoms with E-state index in [0.29, 0.717) is 12.1 Å². The minimum Gasteiger partial charge on any atom is -0.508 e. The van der Waals surface area contributed by atoms with Crippen molar-refractivity contribution >= 4 is 11.9 Å². The predicted molar refractivity (Wildman–Crippen MR) is 100 cm³/mol. The summed E-state index contributed by atoms with van der Waals surface area (Å²) >= 11 is 0. The lowest BCUT2D eigenvalue weighted by Gasteiger charge is -2.26. The molecular weight excluding hydrogens is 334 g/mol. The highest BCUT2D eigenvalue weighted by Crippen LogP contribution is 2.29. The minimum absolute atomic E-state index is 0.0598. The van der Waals surface area contributed by atoms with Gasteiger partial charge in [0.15, 0.2) is 0 Å². The Hall–Kier alpha value is -2.08. The summed E-state index contributed by atoms with van der Waals surface area (Å²) < 4.78 is 10.9. The average Bonchev–Trinajstić information content (AvgIpc) is 2.49. The molecule has 2 N–H and O–H groups in total. The van der Waals surface area contributed by atoms with E-state index in [1.807, 2.05) is 20.8 Å². The van der Waals surface area contributed by atoms with Crippen LogP contribution in [-0.4, -0.2) is 29.1 Å². The van der Waals surface area contributed by atoms with Crippen molar-refractivity contribution in [3.05, 3.63) is 23.8 Å². The fourth-order valence-electron chi connectivity index (χ4n) is 1.99. The first kappa shape index (κ1) is 22.0. The summed E-state index contributed by atoms with van der Waals surface area (Å²) in [6.07, 6.45) is -0.618. The molecule has 0 aromatic heterocycles. The van der Waals surface area contributed by atoms with Crippen LogP contribution in [0.5, 0.6) is 11.5 Å². The van der Waals surface area contributed by atoms with Gasteiger partial charge in [0.25, 0.3) is 0 Å². The van der Waals surface area contributed by atoms with Gasteiger partial charge in [-0.3, -0.25) is 9.59 Å². The van der Waals surface area contributed by atoms with Crippen molar-refractivity contribution in [1.29, 1.82) is 0 Å². The third-order valence-electron chi connectivity index (χ3n) is 3.52. The molecule has 0 saturated carbocycles. The molecule has 1 atom stereocenters. The molecule has 0 bridgehead atoms. The van der Waals surface area contributed by atoms with Crippen LogP contribution < -0.4 is 10.1 Å². The highest BCUT2D eigenvalue weighted by atomic mass is 16.5. The molecule has 1 aromatic carbocycles. The Balaban J connectivity index is 3.12. The smallest absolute Gasteiger partial charge is 0.313 e. The van der Waals surface area contributed by atoms with E-state index in [2.05, 4.69) is 5.32 Å². The Bertz CT molecular complexity index is 632. The molecule has 0 aliphatic carbocycles. The van der Waals surface area contributed by atoms with E-state index in [0.717, 1.165) is 0 Å². The number of phenols is 1. The summed E-state index contributed by atoms with van der Waals surface area (Å²) in [5, 5.41) is 13.3. The van der Waals surface area contributed by atoms with Crippen LogP contribution in [0, 0.1) is 11.8 Å². The second-order valence-corrected chi connectivity index (χ2v) is 8.05. The topological polar surface area (TPSA) is 84.9 Å². The van der Waals surface area contributed by atoms with Crippen LogP contribution in [0.25, 0.3) is 0 Å². The first-order valence-corrected chi connectivity index (χ1v) is 8.90. The average molecular weight is 365 g/mol. The summed E-state index contributed by atoms with van der Waals surface area (Å²) in [5.41, 5.74) is 0.383. The number of hydrogen-bond acceptors (Lipinski definition) is 6. The van der Waals surface area contributed by atoms with Gasteiger partial charge in [-0.2, -0.15) is 0 Å². The summed E-state index contributed by atoms with van der Waals surface area (Å²) in [6, 6.07) is 4.49. The number of aromatic hydroxyl groups is 1. The van der Waals surface area contributed by atoms with E-state index in [9.17, 15) is 14.7 Å². The van der Waals surface area contributed by atoms with Gasteiger partial charge in [0.1, 0.15) is 17.6 Å². The second-order valence-electron chi connectivity index (χ2n) is 8.05. The van der Waals surface area contributed by atoms with Gasteiger partial charge in [0.2, 0.25) is 0 Å². The third kappa shape index (κ3) is 7.44. The van der Waals surface area contributed by atoms with Crippen LogP contribution in [0.3, 0.4) is 0 Å². The van der Waals surface area contributed by atoms with Gasteiger partial charge in [-0.05, 0) is 32.9 Å². The Morgan fingerprint density at radius 1 is 1.04 bits per heavy atom. The van der Waals surface area contributed by atoms with Gasteiger partial charge in [-0.15, -0.1) is 0 Å². The Morgan fingerprint density at radius 2 is 1.62 bits per heavy atom. The fourth-order valence-corrected chi connectivity index (χ4v) is 1.99. The molecular formula is C20H31NO5. The lowest BCUT2D eigenvalue weighted by atomic mass is 10.0. The fraction of sp³-hybridized carbons (Fsp3) is 0.600. The number of nitrogens with one attached hydrogen (secondary N) is 1. The normalized spacial score (nSPS) is 13.0. The zero-order valence-electron chi connectivity index (χ0n) is 16.8. The van der Waals surface area contributed by atoms with Gasteiger partial charge >= 0.3 is 11.9 Å².